The monoisotopic (exact) mass is 281 g/mol. The maximum Gasteiger partial charge on any atom is 0.336 e. The first-order valence-electron chi connectivity index (χ1n) is 5.50. The minimum atomic E-state index is -1.36. The van der Waals surface area contributed by atoms with Gasteiger partial charge in [0.15, 0.2) is 0 Å². The Bertz CT molecular complexity index is 704. The Labute approximate surface area is 113 Å². The SMILES string of the molecule is Cc1cc(=O)oc2cc(O[C@@H](C)C(=O)[O-])c(Cl)cc12. The molecule has 0 aliphatic rings. The highest BCUT2D eigenvalue weighted by Gasteiger charge is 2.12. The molecule has 0 saturated carbocycles. The van der Waals surface area contributed by atoms with E-state index < -0.39 is 17.7 Å². The lowest BCUT2D eigenvalue weighted by atomic mass is 10.1. The summed E-state index contributed by atoms with van der Waals surface area (Å²) in [5, 5.41) is 11.5. The van der Waals surface area contributed by atoms with E-state index in [0.29, 0.717) is 10.9 Å². The summed E-state index contributed by atoms with van der Waals surface area (Å²) < 4.78 is 10.2. The van der Waals surface area contributed by atoms with Crippen molar-refractivity contribution in [3.05, 3.63) is 39.2 Å². The zero-order chi connectivity index (χ0) is 14.2. The molecule has 0 bridgehead atoms. The van der Waals surface area contributed by atoms with Crippen molar-refractivity contribution in [2.24, 2.45) is 0 Å². The molecular formula is C13H10ClO5-. The number of fused-ring (bicyclic) bond motifs is 1. The van der Waals surface area contributed by atoms with Crippen molar-refractivity contribution in [3.63, 3.8) is 0 Å². The Kier molecular flexibility index (Phi) is 3.48. The smallest absolute Gasteiger partial charge is 0.336 e. The molecule has 1 heterocycles. The zero-order valence-corrected chi connectivity index (χ0v) is 11.0. The lowest BCUT2D eigenvalue weighted by Gasteiger charge is -2.16. The van der Waals surface area contributed by atoms with E-state index in [1.165, 1.54) is 19.1 Å². The van der Waals surface area contributed by atoms with Crippen molar-refractivity contribution < 1.29 is 19.1 Å². The van der Waals surface area contributed by atoms with Crippen molar-refractivity contribution in [1.82, 2.24) is 0 Å². The fourth-order valence-corrected chi connectivity index (χ4v) is 1.86. The van der Waals surface area contributed by atoms with Crippen LogP contribution in [0.2, 0.25) is 5.02 Å². The fraction of sp³-hybridized carbons (Fsp3) is 0.231. The van der Waals surface area contributed by atoms with Crippen LogP contribution in [0.15, 0.2) is 27.4 Å². The number of carbonyl (C=O) groups is 1. The molecule has 0 aliphatic heterocycles. The Hall–Kier alpha value is -2.01. The third-order valence-corrected chi connectivity index (χ3v) is 2.93. The normalized spacial score (nSPS) is 12.4. The van der Waals surface area contributed by atoms with Gasteiger partial charge in [0.1, 0.15) is 17.4 Å². The van der Waals surface area contributed by atoms with Crippen LogP contribution in [0.25, 0.3) is 11.0 Å². The lowest BCUT2D eigenvalue weighted by molar-refractivity contribution is -0.312. The summed E-state index contributed by atoms with van der Waals surface area (Å²) in [7, 11) is 0. The molecule has 100 valence electrons. The Morgan fingerprint density at radius 2 is 2.11 bits per heavy atom. The molecule has 0 fully saturated rings. The first-order valence-corrected chi connectivity index (χ1v) is 5.88. The van der Waals surface area contributed by atoms with Gasteiger partial charge in [-0.25, -0.2) is 4.79 Å². The molecule has 1 aromatic carbocycles. The summed E-state index contributed by atoms with van der Waals surface area (Å²) in [4.78, 5) is 21.9. The van der Waals surface area contributed by atoms with Gasteiger partial charge in [0.25, 0.3) is 0 Å². The first-order chi connectivity index (χ1) is 8.88. The quantitative estimate of drug-likeness (QED) is 0.792. The van der Waals surface area contributed by atoms with Gasteiger partial charge in [-0.1, -0.05) is 11.6 Å². The highest BCUT2D eigenvalue weighted by molar-refractivity contribution is 6.32. The molecule has 5 nitrogen and oxygen atoms in total. The molecule has 0 amide bonds. The standard InChI is InChI=1S/C13H11ClO5/c1-6-3-12(15)19-10-5-11(9(14)4-8(6)10)18-7(2)13(16)17/h3-5,7H,1-2H3,(H,16,17)/p-1/t7-/m0/s1. The number of aliphatic carboxylic acids is 1. The number of rotatable bonds is 3. The van der Waals surface area contributed by atoms with Crippen LogP contribution in [-0.2, 0) is 4.79 Å². The number of ether oxygens (including phenoxy) is 1. The van der Waals surface area contributed by atoms with Gasteiger partial charge < -0.3 is 19.1 Å². The molecule has 0 saturated heterocycles. The summed E-state index contributed by atoms with van der Waals surface area (Å²) in [6, 6.07) is 4.31. The van der Waals surface area contributed by atoms with E-state index in [9.17, 15) is 14.7 Å². The molecule has 1 aromatic heterocycles. The molecule has 2 aromatic rings. The van der Waals surface area contributed by atoms with E-state index in [1.807, 2.05) is 0 Å². The van der Waals surface area contributed by atoms with E-state index in [1.54, 1.807) is 13.0 Å². The predicted molar refractivity (Wildman–Crippen MR) is 67.3 cm³/mol. The third kappa shape index (κ3) is 2.71. The largest absolute Gasteiger partial charge is 0.546 e. The molecule has 1 atom stereocenters. The molecule has 2 rings (SSSR count). The van der Waals surface area contributed by atoms with Gasteiger partial charge in [-0.2, -0.15) is 0 Å². The maximum absolute atomic E-state index is 11.3. The summed E-state index contributed by atoms with van der Waals surface area (Å²) in [5.41, 5.74) is 0.508. The number of benzene rings is 1. The molecule has 0 spiro atoms. The number of carboxylic acid groups (broad SMARTS) is 1. The predicted octanol–water partition coefficient (Wildman–Crippen LogP) is 1.27. The topological polar surface area (TPSA) is 79.6 Å². The van der Waals surface area contributed by atoms with E-state index in [-0.39, 0.29) is 16.4 Å². The van der Waals surface area contributed by atoms with Crippen molar-refractivity contribution in [2.45, 2.75) is 20.0 Å². The van der Waals surface area contributed by atoms with E-state index >= 15 is 0 Å². The molecule has 0 N–H and O–H groups in total. The van der Waals surface area contributed by atoms with Crippen LogP contribution < -0.4 is 15.5 Å². The van der Waals surface area contributed by atoms with Gasteiger partial charge in [-0.15, -0.1) is 0 Å². The molecule has 0 aliphatic carbocycles. The van der Waals surface area contributed by atoms with E-state index in [4.69, 9.17) is 20.8 Å². The maximum atomic E-state index is 11.3. The first kappa shape index (κ1) is 13.4. The third-order valence-electron chi connectivity index (χ3n) is 2.64. The molecule has 6 heteroatoms. The van der Waals surface area contributed by atoms with Crippen molar-refractivity contribution in [3.8, 4) is 5.75 Å². The average Bonchev–Trinajstić information content (AvgIpc) is 2.31. The number of halogens is 1. The second-order valence-corrected chi connectivity index (χ2v) is 4.51. The molecule has 0 unspecified atom stereocenters. The van der Waals surface area contributed by atoms with Crippen LogP contribution in [0.4, 0.5) is 0 Å². The van der Waals surface area contributed by atoms with Gasteiger partial charge in [0, 0.05) is 17.5 Å². The van der Waals surface area contributed by atoms with Gasteiger partial charge in [-0.3, -0.25) is 0 Å². The van der Waals surface area contributed by atoms with Gasteiger partial charge in [-0.05, 0) is 25.5 Å². The second kappa shape index (κ2) is 4.93. The van der Waals surface area contributed by atoms with Crippen LogP contribution in [0.1, 0.15) is 12.5 Å². The second-order valence-electron chi connectivity index (χ2n) is 4.11. The Morgan fingerprint density at radius 3 is 2.74 bits per heavy atom. The summed E-state index contributed by atoms with van der Waals surface area (Å²) in [6.45, 7) is 3.07. The van der Waals surface area contributed by atoms with Crippen molar-refractivity contribution in [1.29, 1.82) is 0 Å². The van der Waals surface area contributed by atoms with Crippen LogP contribution in [-0.4, -0.2) is 12.1 Å². The van der Waals surface area contributed by atoms with Gasteiger partial charge >= 0.3 is 5.63 Å². The molecule has 19 heavy (non-hydrogen) atoms. The van der Waals surface area contributed by atoms with Crippen molar-refractivity contribution in [2.75, 3.05) is 0 Å². The highest BCUT2D eigenvalue weighted by atomic mass is 35.5. The van der Waals surface area contributed by atoms with Crippen LogP contribution in [0.5, 0.6) is 5.75 Å². The number of carboxylic acids is 1. The summed E-state index contributed by atoms with van der Waals surface area (Å²) in [6.07, 6.45) is -1.16. The number of aryl methyl sites for hydroxylation is 1. The Morgan fingerprint density at radius 1 is 1.42 bits per heavy atom. The van der Waals surface area contributed by atoms with Gasteiger partial charge in [0.05, 0.1) is 11.0 Å². The van der Waals surface area contributed by atoms with E-state index in [2.05, 4.69) is 0 Å². The Balaban J connectivity index is 2.55. The molecular weight excluding hydrogens is 272 g/mol. The fourth-order valence-electron chi connectivity index (χ4n) is 1.65. The number of hydrogen-bond donors (Lipinski definition) is 0. The van der Waals surface area contributed by atoms with Gasteiger partial charge in [0.2, 0.25) is 0 Å². The van der Waals surface area contributed by atoms with Crippen LogP contribution in [0.3, 0.4) is 0 Å². The average molecular weight is 282 g/mol. The highest BCUT2D eigenvalue weighted by Crippen LogP contribution is 2.31. The zero-order valence-electron chi connectivity index (χ0n) is 10.2. The lowest BCUT2D eigenvalue weighted by Crippen LogP contribution is -2.37. The number of carbonyl (C=O) groups excluding carboxylic acids is 1. The van der Waals surface area contributed by atoms with E-state index in [0.717, 1.165) is 0 Å². The van der Waals surface area contributed by atoms with Crippen LogP contribution >= 0.6 is 11.6 Å². The van der Waals surface area contributed by atoms with Crippen molar-refractivity contribution >= 4 is 28.5 Å². The summed E-state index contributed by atoms with van der Waals surface area (Å²) >= 11 is 6.01. The number of hydrogen-bond acceptors (Lipinski definition) is 5. The summed E-state index contributed by atoms with van der Waals surface area (Å²) in [5.74, 6) is -1.23. The minimum absolute atomic E-state index is 0.125. The molecule has 0 radical (unpaired) electrons. The minimum Gasteiger partial charge on any atom is -0.546 e. The van der Waals surface area contributed by atoms with Crippen LogP contribution in [0, 0.1) is 6.92 Å².